The normalized spacial score (nSPS) is 12.9. The molecule has 0 heterocycles. The standard InChI is InChI=1S/C9H17NO3S/c1-6(2)8(11)5-14-4-7(10-3)9(12)13/h6-7,10H,4-5H2,1-3H3,(H,12,13)/t7-/m0/s1. The number of carboxylic acids is 1. The first-order chi connectivity index (χ1) is 6.49. The third kappa shape index (κ3) is 5.24. The van der Waals surface area contributed by atoms with Crippen molar-refractivity contribution in [2.45, 2.75) is 19.9 Å². The maximum Gasteiger partial charge on any atom is 0.321 e. The summed E-state index contributed by atoms with van der Waals surface area (Å²) in [6.45, 7) is 3.69. The molecule has 0 spiro atoms. The number of ketones is 1. The first kappa shape index (κ1) is 13.4. The third-order valence-electron chi connectivity index (χ3n) is 1.82. The fourth-order valence-corrected chi connectivity index (χ4v) is 1.92. The van der Waals surface area contributed by atoms with Crippen LogP contribution in [0.5, 0.6) is 0 Å². The SMILES string of the molecule is CN[C@@H](CSCC(=O)C(C)C)C(=O)O. The van der Waals surface area contributed by atoms with E-state index in [0.29, 0.717) is 11.5 Å². The Balaban J connectivity index is 3.72. The van der Waals surface area contributed by atoms with Crippen molar-refractivity contribution in [2.24, 2.45) is 5.92 Å². The summed E-state index contributed by atoms with van der Waals surface area (Å²) in [5, 5.41) is 11.4. The van der Waals surface area contributed by atoms with Gasteiger partial charge >= 0.3 is 5.97 Å². The smallest absolute Gasteiger partial charge is 0.321 e. The van der Waals surface area contributed by atoms with Gasteiger partial charge < -0.3 is 10.4 Å². The van der Waals surface area contributed by atoms with E-state index in [4.69, 9.17) is 5.11 Å². The fraction of sp³-hybridized carbons (Fsp3) is 0.778. The van der Waals surface area contributed by atoms with Crippen LogP contribution in [-0.2, 0) is 9.59 Å². The molecule has 1 atom stereocenters. The average molecular weight is 219 g/mol. The Hall–Kier alpha value is -0.550. The lowest BCUT2D eigenvalue weighted by atomic mass is 10.1. The summed E-state index contributed by atoms with van der Waals surface area (Å²) in [6.07, 6.45) is 0. The van der Waals surface area contributed by atoms with Gasteiger partial charge in [-0.25, -0.2) is 0 Å². The number of Topliss-reactive ketones (excluding diaryl/α,β-unsaturated/α-hetero) is 1. The van der Waals surface area contributed by atoms with Crippen molar-refractivity contribution in [1.29, 1.82) is 0 Å². The number of likely N-dealkylation sites (N-methyl/N-ethyl adjacent to an activating group) is 1. The van der Waals surface area contributed by atoms with Crippen LogP contribution in [0.1, 0.15) is 13.8 Å². The van der Waals surface area contributed by atoms with Crippen molar-refractivity contribution in [2.75, 3.05) is 18.6 Å². The summed E-state index contributed by atoms with van der Waals surface area (Å²) in [7, 11) is 1.60. The third-order valence-corrected chi connectivity index (χ3v) is 2.88. The quantitative estimate of drug-likeness (QED) is 0.657. The van der Waals surface area contributed by atoms with Crippen LogP contribution < -0.4 is 5.32 Å². The molecule has 0 aromatic rings. The molecule has 0 saturated heterocycles. The van der Waals surface area contributed by atoms with Gasteiger partial charge in [0.05, 0.1) is 5.75 Å². The Bertz CT molecular complexity index is 206. The van der Waals surface area contributed by atoms with Crippen molar-refractivity contribution in [3.8, 4) is 0 Å². The molecule has 0 aromatic carbocycles. The zero-order valence-corrected chi connectivity index (χ0v) is 9.56. The Labute approximate surface area is 88.4 Å². The van der Waals surface area contributed by atoms with Crippen molar-refractivity contribution in [3.05, 3.63) is 0 Å². The fourth-order valence-electron chi connectivity index (χ4n) is 0.722. The molecule has 4 nitrogen and oxygen atoms in total. The molecule has 14 heavy (non-hydrogen) atoms. The van der Waals surface area contributed by atoms with Crippen molar-refractivity contribution in [1.82, 2.24) is 5.32 Å². The number of nitrogens with one attached hydrogen (secondary N) is 1. The molecule has 82 valence electrons. The lowest BCUT2D eigenvalue weighted by molar-refractivity contribution is -0.138. The summed E-state index contributed by atoms with van der Waals surface area (Å²) >= 11 is 1.36. The molecule has 0 aliphatic carbocycles. The second-order valence-electron chi connectivity index (χ2n) is 3.32. The van der Waals surface area contributed by atoms with Crippen LogP contribution in [0.3, 0.4) is 0 Å². The van der Waals surface area contributed by atoms with Crippen LogP contribution in [0.25, 0.3) is 0 Å². The predicted molar refractivity (Wildman–Crippen MR) is 57.7 cm³/mol. The Morgan fingerprint density at radius 2 is 2.00 bits per heavy atom. The predicted octanol–water partition coefficient (Wildman–Crippen LogP) is 0.617. The van der Waals surface area contributed by atoms with E-state index in [2.05, 4.69) is 5.32 Å². The minimum Gasteiger partial charge on any atom is -0.480 e. The highest BCUT2D eigenvalue weighted by Crippen LogP contribution is 2.07. The zero-order valence-electron chi connectivity index (χ0n) is 8.74. The zero-order chi connectivity index (χ0) is 11.1. The number of carboxylic acid groups (broad SMARTS) is 1. The molecule has 0 amide bonds. The number of thioether (sulfide) groups is 1. The van der Waals surface area contributed by atoms with Crippen molar-refractivity contribution in [3.63, 3.8) is 0 Å². The molecular weight excluding hydrogens is 202 g/mol. The van der Waals surface area contributed by atoms with Crippen molar-refractivity contribution >= 4 is 23.5 Å². The van der Waals surface area contributed by atoms with E-state index < -0.39 is 12.0 Å². The highest BCUT2D eigenvalue weighted by Gasteiger charge is 2.15. The first-order valence-corrected chi connectivity index (χ1v) is 5.65. The van der Waals surface area contributed by atoms with Crippen LogP contribution in [0.4, 0.5) is 0 Å². The second kappa shape index (κ2) is 6.84. The molecule has 0 saturated carbocycles. The van der Waals surface area contributed by atoms with Gasteiger partial charge in [0, 0.05) is 11.7 Å². The lowest BCUT2D eigenvalue weighted by Gasteiger charge is -2.10. The monoisotopic (exact) mass is 219 g/mol. The van der Waals surface area contributed by atoms with Crippen LogP contribution in [0, 0.1) is 5.92 Å². The highest BCUT2D eigenvalue weighted by molar-refractivity contribution is 8.00. The van der Waals surface area contributed by atoms with Crippen LogP contribution >= 0.6 is 11.8 Å². The molecule has 5 heteroatoms. The topological polar surface area (TPSA) is 66.4 Å². The maximum atomic E-state index is 11.2. The molecule has 0 fully saturated rings. The van der Waals surface area contributed by atoms with E-state index in [1.807, 2.05) is 13.8 Å². The van der Waals surface area contributed by atoms with E-state index in [-0.39, 0.29) is 11.7 Å². The second-order valence-corrected chi connectivity index (χ2v) is 4.35. The Kier molecular flexibility index (Phi) is 6.57. The van der Waals surface area contributed by atoms with E-state index in [1.54, 1.807) is 7.05 Å². The number of carbonyl (C=O) groups excluding carboxylic acids is 1. The van der Waals surface area contributed by atoms with Gasteiger partial charge in [-0.1, -0.05) is 13.8 Å². The van der Waals surface area contributed by atoms with E-state index >= 15 is 0 Å². The summed E-state index contributed by atoms with van der Waals surface area (Å²) in [4.78, 5) is 21.8. The molecule has 2 N–H and O–H groups in total. The lowest BCUT2D eigenvalue weighted by Crippen LogP contribution is -2.36. The summed E-state index contributed by atoms with van der Waals surface area (Å²) in [5.74, 6) is 0.126. The average Bonchev–Trinajstić information content (AvgIpc) is 2.11. The molecule has 0 bridgehead atoms. The Morgan fingerprint density at radius 3 is 2.36 bits per heavy atom. The van der Waals surface area contributed by atoms with Gasteiger partial charge in [-0.15, -0.1) is 0 Å². The van der Waals surface area contributed by atoms with E-state index in [1.165, 1.54) is 11.8 Å². The molecular formula is C9H17NO3S. The minimum absolute atomic E-state index is 0.0281. The summed E-state index contributed by atoms with van der Waals surface area (Å²) < 4.78 is 0. The van der Waals surface area contributed by atoms with Crippen LogP contribution in [-0.4, -0.2) is 41.5 Å². The molecule has 0 aliphatic heterocycles. The molecule has 0 aliphatic rings. The Morgan fingerprint density at radius 1 is 1.43 bits per heavy atom. The molecule has 0 rings (SSSR count). The van der Waals surface area contributed by atoms with E-state index in [9.17, 15) is 9.59 Å². The minimum atomic E-state index is -0.878. The summed E-state index contributed by atoms with van der Waals surface area (Å²) in [6, 6.07) is -0.569. The van der Waals surface area contributed by atoms with Gasteiger partial charge in [0.1, 0.15) is 11.8 Å². The van der Waals surface area contributed by atoms with Gasteiger partial charge in [0.25, 0.3) is 0 Å². The maximum absolute atomic E-state index is 11.2. The van der Waals surface area contributed by atoms with E-state index in [0.717, 1.165) is 0 Å². The van der Waals surface area contributed by atoms with Gasteiger partial charge in [0.2, 0.25) is 0 Å². The number of hydrogen-bond donors (Lipinski definition) is 2. The number of rotatable bonds is 7. The summed E-state index contributed by atoms with van der Waals surface area (Å²) in [5.41, 5.74) is 0. The highest BCUT2D eigenvalue weighted by atomic mass is 32.2. The van der Waals surface area contributed by atoms with Crippen LogP contribution in [0.15, 0.2) is 0 Å². The molecule has 0 unspecified atom stereocenters. The largest absolute Gasteiger partial charge is 0.480 e. The number of aliphatic carboxylic acids is 1. The first-order valence-electron chi connectivity index (χ1n) is 4.49. The van der Waals surface area contributed by atoms with Crippen molar-refractivity contribution < 1.29 is 14.7 Å². The molecule has 0 aromatic heterocycles. The number of carbonyl (C=O) groups is 2. The van der Waals surface area contributed by atoms with Gasteiger partial charge in [-0.3, -0.25) is 9.59 Å². The number of hydrogen-bond acceptors (Lipinski definition) is 4. The van der Waals surface area contributed by atoms with Gasteiger partial charge in [-0.2, -0.15) is 11.8 Å². The molecule has 0 radical (unpaired) electrons. The van der Waals surface area contributed by atoms with Gasteiger partial charge in [0.15, 0.2) is 0 Å². The van der Waals surface area contributed by atoms with Gasteiger partial charge in [-0.05, 0) is 7.05 Å². The van der Waals surface area contributed by atoms with Crippen LogP contribution in [0.2, 0.25) is 0 Å².